The van der Waals surface area contributed by atoms with Gasteiger partial charge >= 0.3 is 0 Å². The van der Waals surface area contributed by atoms with Gasteiger partial charge in [-0.25, -0.2) is 0 Å². The van der Waals surface area contributed by atoms with Crippen LogP contribution in [0.15, 0.2) is 18.2 Å². The van der Waals surface area contributed by atoms with E-state index in [0.29, 0.717) is 5.56 Å². The van der Waals surface area contributed by atoms with Gasteiger partial charge in [0.2, 0.25) is 0 Å². The molecule has 1 saturated carbocycles. The van der Waals surface area contributed by atoms with Crippen LogP contribution in [0.5, 0.6) is 0 Å². The lowest BCUT2D eigenvalue weighted by Gasteiger charge is -2.49. The van der Waals surface area contributed by atoms with Crippen molar-refractivity contribution in [1.29, 1.82) is 5.26 Å². The predicted octanol–water partition coefficient (Wildman–Crippen LogP) is 2.53. The number of hydrogen-bond donors (Lipinski definition) is 1. The zero-order valence-corrected chi connectivity index (χ0v) is 13.4. The average molecular weight is 287 g/mol. The Morgan fingerprint density at radius 1 is 1.33 bits per heavy atom. The molecular formula is C17H25N3O. The first-order valence-electron chi connectivity index (χ1n) is 7.50. The highest BCUT2D eigenvalue weighted by Gasteiger charge is 2.40. The minimum absolute atomic E-state index is 0.216. The van der Waals surface area contributed by atoms with Crippen LogP contribution in [0.4, 0.5) is 5.69 Å². The van der Waals surface area contributed by atoms with Gasteiger partial charge in [0.25, 0.3) is 0 Å². The van der Waals surface area contributed by atoms with Gasteiger partial charge in [-0.3, -0.25) is 0 Å². The summed E-state index contributed by atoms with van der Waals surface area (Å²) in [5.41, 5.74) is 2.68. The standard InChI is InChI=1S/C17H25N3O/c1-13(21)15-7-6-14(11-18)10-16(15)20(4)12-17(19(2)3)8-5-9-17/h6-7,10,13,21H,5,8-9,12H2,1-4H3. The Morgan fingerprint density at radius 2 is 2.00 bits per heavy atom. The van der Waals surface area contributed by atoms with Crippen LogP contribution in [0.25, 0.3) is 0 Å². The van der Waals surface area contributed by atoms with Crippen LogP contribution < -0.4 is 4.90 Å². The first-order valence-corrected chi connectivity index (χ1v) is 7.50. The molecule has 4 nitrogen and oxygen atoms in total. The second-order valence-electron chi connectivity index (χ2n) is 6.39. The van der Waals surface area contributed by atoms with E-state index in [-0.39, 0.29) is 5.54 Å². The summed E-state index contributed by atoms with van der Waals surface area (Å²) in [5.74, 6) is 0. The van der Waals surface area contributed by atoms with Crippen molar-refractivity contribution in [2.75, 3.05) is 32.6 Å². The van der Waals surface area contributed by atoms with E-state index in [1.165, 1.54) is 19.3 Å². The largest absolute Gasteiger partial charge is 0.389 e. The van der Waals surface area contributed by atoms with Crippen molar-refractivity contribution in [3.05, 3.63) is 29.3 Å². The summed E-state index contributed by atoms with van der Waals surface area (Å²) < 4.78 is 0. The second-order valence-corrected chi connectivity index (χ2v) is 6.39. The summed E-state index contributed by atoms with van der Waals surface area (Å²) in [6.07, 6.45) is 3.14. The molecule has 1 unspecified atom stereocenters. The molecule has 1 aromatic carbocycles. The Labute approximate surface area is 127 Å². The SMILES string of the molecule is CC(O)c1ccc(C#N)cc1N(C)CC1(N(C)C)CCC1. The molecule has 4 heteroatoms. The van der Waals surface area contributed by atoms with Crippen molar-refractivity contribution >= 4 is 5.69 Å². The Morgan fingerprint density at radius 3 is 2.43 bits per heavy atom. The first kappa shape index (κ1) is 15.8. The molecule has 0 saturated heterocycles. The molecule has 0 spiro atoms. The highest BCUT2D eigenvalue weighted by Crippen LogP contribution is 2.38. The lowest BCUT2D eigenvalue weighted by Crippen LogP contribution is -2.56. The van der Waals surface area contributed by atoms with Crippen LogP contribution in [0.2, 0.25) is 0 Å². The molecule has 0 heterocycles. The number of rotatable bonds is 5. The third-order valence-corrected chi connectivity index (χ3v) is 4.79. The van der Waals surface area contributed by atoms with Gasteiger partial charge in [0, 0.05) is 30.4 Å². The summed E-state index contributed by atoms with van der Waals surface area (Å²) in [6.45, 7) is 2.68. The molecule has 0 bridgehead atoms. The molecule has 1 atom stereocenters. The number of likely N-dealkylation sites (N-methyl/N-ethyl adjacent to an activating group) is 2. The molecule has 0 aliphatic heterocycles. The fraction of sp³-hybridized carbons (Fsp3) is 0.588. The molecule has 2 rings (SSSR count). The third kappa shape index (κ3) is 3.04. The molecule has 0 amide bonds. The Hall–Kier alpha value is -1.57. The molecule has 1 N–H and O–H groups in total. The van der Waals surface area contributed by atoms with Gasteiger partial charge in [-0.2, -0.15) is 5.26 Å². The van der Waals surface area contributed by atoms with E-state index < -0.39 is 6.10 Å². The molecular weight excluding hydrogens is 262 g/mol. The summed E-state index contributed by atoms with van der Waals surface area (Å²) in [5, 5.41) is 19.1. The smallest absolute Gasteiger partial charge is 0.0992 e. The second kappa shape index (κ2) is 6.05. The summed E-state index contributed by atoms with van der Waals surface area (Å²) in [4.78, 5) is 4.49. The number of aliphatic hydroxyl groups excluding tert-OH is 1. The Kier molecular flexibility index (Phi) is 4.55. The van der Waals surface area contributed by atoms with E-state index in [2.05, 4.69) is 30.0 Å². The lowest BCUT2D eigenvalue weighted by atomic mass is 9.75. The fourth-order valence-corrected chi connectivity index (χ4v) is 3.16. The first-order chi connectivity index (χ1) is 9.89. The minimum Gasteiger partial charge on any atom is -0.389 e. The van der Waals surface area contributed by atoms with Gasteiger partial charge in [0.1, 0.15) is 0 Å². The molecule has 1 aliphatic carbocycles. The van der Waals surface area contributed by atoms with Crippen LogP contribution in [0, 0.1) is 11.3 Å². The van der Waals surface area contributed by atoms with E-state index in [9.17, 15) is 5.11 Å². The molecule has 0 aromatic heterocycles. The van der Waals surface area contributed by atoms with Crippen molar-refractivity contribution in [3.8, 4) is 6.07 Å². The van der Waals surface area contributed by atoms with Crippen LogP contribution in [0.1, 0.15) is 43.4 Å². The topological polar surface area (TPSA) is 50.5 Å². The Balaban J connectivity index is 2.29. The Bertz CT molecular complexity index is 541. The van der Waals surface area contributed by atoms with Crippen LogP contribution in [0.3, 0.4) is 0 Å². The van der Waals surface area contributed by atoms with E-state index in [0.717, 1.165) is 17.8 Å². The lowest BCUT2D eigenvalue weighted by molar-refractivity contribution is 0.0682. The van der Waals surface area contributed by atoms with Crippen molar-refractivity contribution < 1.29 is 5.11 Å². The molecule has 114 valence electrons. The molecule has 1 fully saturated rings. The van der Waals surface area contributed by atoms with Crippen molar-refractivity contribution in [1.82, 2.24) is 4.90 Å². The van der Waals surface area contributed by atoms with Gasteiger partial charge < -0.3 is 14.9 Å². The van der Waals surface area contributed by atoms with Crippen molar-refractivity contribution in [3.63, 3.8) is 0 Å². The van der Waals surface area contributed by atoms with Gasteiger partial charge in [-0.1, -0.05) is 6.07 Å². The molecule has 1 aliphatic rings. The van der Waals surface area contributed by atoms with E-state index >= 15 is 0 Å². The van der Waals surface area contributed by atoms with Crippen LogP contribution in [-0.4, -0.2) is 43.2 Å². The third-order valence-electron chi connectivity index (χ3n) is 4.79. The van der Waals surface area contributed by atoms with Crippen molar-refractivity contribution in [2.24, 2.45) is 0 Å². The number of nitriles is 1. The summed E-state index contributed by atoms with van der Waals surface area (Å²) in [6, 6.07) is 7.69. The summed E-state index contributed by atoms with van der Waals surface area (Å²) in [7, 11) is 6.31. The molecule has 21 heavy (non-hydrogen) atoms. The maximum atomic E-state index is 9.98. The van der Waals surface area contributed by atoms with Crippen LogP contribution in [-0.2, 0) is 0 Å². The number of benzene rings is 1. The highest BCUT2D eigenvalue weighted by atomic mass is 16.3. The van der Waals surface area contributed by atoms with Crippen molar-refractivity contribution in [2.45, 2.75) is 37.8 Å². The number of anilines is 1. The van der Waals surface area contributed by atoms with Gasteiger partial charge in [-0.15, -0.1) is 0 Å². The zero-order chi connectivity index (χ0) is 15.6. The van der Waals surface area contributed by atoms with Crippen LogP contribution >= 0.6 is 0 Å². The van der Waals surface area contributed by atoms with Gasteiger partial charge in [0.05, 0.1) is 17.7 Å². The maximum Gasteiger partial charge on any atom is 0.0992 e. The van der Waals surface area contributed by atoms with E-state index in [1.807, 2.05) is 19.2 Å². The average Bonchev–Trinajstić information content (AvgIpc) is 2.41. The predicted molar refractivity (Wildman–Crippen MR) is 85.3 cm³/mol. The minimum atomic E-state index is -0.535. The number of aliphatic hydroxyl groups is 1. The number of hydrogen-bond acceptors (Lipinski definition) is 4. The van der Waals surface area contributed by atoms with E-state index in [1.54, 1.807) is 13.0 Å². The number of nitrogens with zero attached hydrogens (tertiary/aromatic N) is 3. The van der Waals surface area contributed by atoms with Gasteiger partial charge in [0.15, 0.2) is 0 Å². The van der Waals surface area contributed by atoms with E-state index in [4.69, 9.17) is 5.26 Å². The highest BCUT2D eigenvalue weighted by molar-refractivity contribution is 5.58. The normalized spacial score (nSPS) is 18.0. The maximum absolute atomic E-state index is 9.98. The monoisotopic (exact) mass is 287 g/mol. The summed E-state index contributed by atoms with van der Waals surface area (Å²) >= 11 is 0. The quantitative estimate of drug-likeness (QED) is 0.904. The zero-order valence-electron chi connectivity index (χ0n) is 13.4. The van der Waals surface area contributed by atoms with Gasteiger partial charge in [-0.05, 0) is 52.4 Å². The molecule has 1 aromatic rings. The molecule has 0 radical (unpaired) electrons. The fourth-order valence-electron chi connectivity index (χ4n) is 3.16.